The third kappa shape index (κ3) is 5.70. The van der Waals surface area contributed by atoms with Crippen molar-refractivity contribution in [2.75, 3.05) is 0 Å². The van der Waals surface area contributed by atoms with Crippen LogP contribution < -0.4 is 5.73 Å². The molecule has 1 unspecified atom stereocenters. The Morgan fingerprint density at radius 3 is 2.62 bits per heavy atom. The van der Waals surface area contributed by atoms with Crippen LogP contribution in [0.25, 0.3) is 0 Å². The highest BCUT2D eigenvalue weighted by Gasteiger charge is 2.27. The van der Waals surface area contributed by atoms with E-state index in [1.807, 2.05) is 6.07 Å². The Hall–Kier alpha value is -1.10. The summed E-state index contributed by atoms with van der Waals surface area (Å²) in [7, 11) is 0. The molecule has 0 fully saturated rings. The van der Waals surface area contributed by atoms with Gasteiger partial charge in [-0.2, -0.15) is 13.2 Å². The molecular weight excluding hydrogens is 217 g/mol. The molecule has 5 heteroatoms. The van der Waals surface area contributed by atoms with Gasteiger partial charge in [0.25, 0.3) is 0 Å². The Labute approximate surface area is 92.7 Å². The Balaban J connectivity index is 2.23. The maximum Gasteiger partial charge on any atom is 0.389 e. The number of rotatable bonds is 5. The first-order chi connectivity index (χ1) is 7.47. The molecule has 0 radical (unpaired) electrons. The van der Waals surface area contributed by atoms with Crippen molar-refractivity contribution in [3.05, 3.63) is 30.1 Å². The van der Waals surface area contributed by atoms with E-state index in [9.17, 15) is 13.2 Å². The van der Waals surface area contributed by atoms with Crippen LogP contribution in [0.3, 0.4) is 0 Å². The molecule has 1 atom stereocenters. The highest BCUT2D eigenvalue weighted by molar-refractivity contribution is 5.08. The molecule has 0 aliphatic rings. The average molecular weight is 232 g/mol. The van der Waals surface area contributed by atoms with Crippen LogP contribution in [0.4, 0.5) is 13.2 Å². The van der Waals surface area contributed by atoms with Gasteiger partial charge in [-0.25, -0.2) is 0 Å². The second-order valence-electron chi connectivity index (χ2n) is 3.81. The molecule has 0 aromatic carbocycles. The Morgan fingerprint density at radius 1 is 1.31 bits per heavy atom. The van der Waals surface area contributed by atoms with Crippen LogP contribution in [-0.4, -0.2) is 17.2 Å². The number of aryl methyl sites for hydroxylation is 1. The number of nitrogens with two attached hydrogens (primary N) is 1. The molecule has 16 heavy (non-hydrogen) atoms. The second kappa shape index (κ2) is 5.84. The topological polar surface area (TPSA) is 38.9 Å². The van der Waals surface area contributed by atoms with E-state index < -0.39 is 18.6 Å². The highest BCUT2D eigenvalue weighted by atomic mass is 19.4. The quantitative estimate of drug-likeness (QED) is 0.847. The number of halogens is 3. The molecule has 1 aromatic heterocycles. The zero-order valence-corrected chi connectivity index (χ0v) is 8.87. The third-order valence-corrected chi connectivity index (χ3v) is 2.33. The molecule has 2 N–H and O–H groups in total. The molecule has 0 spiro atoms. The summed E-state index contributed by atoms with van der Waals surface area (Å²) in [5, 5.41) is 0. The molecule has 90 valence electrons. The fourth-order valence-electron chi connectivity index (χ4n) is 1.39. The molecular formula is C11H15F3N2. The Kier molecular flexibility index (Phi) is 4.73. The van der Waals surface area contributed by atoms with Crippen molar-refractivity contribution in [2.24, 2.45) is 5.73 Å². The van der Waals surface area contributed by atoms with E-state index >= 15 is 0 Å². The molecule has 0 bridgehead atoms. The van der Waals surface area contributed by atoms with Gasteiger partial charge < -0.3 is 5.73 Å². The van der Waals surface area contributed by atoms with Crippen LogP contribution in [0.1, 0.15) is 24.8 Å². The van der Waals surface area contributed by atoms with Gasteiger partial charge in [-0.15, -0.1) is 0 Å². The van der Waals surface area contributed by atoms with Gasteiger partial charge in [0.2, 0.25) is 0 Å². The minimum absolute atomic E-state index is 0.0102. The molecule has 1 heterocycles. The fraction of sp³-hybridized carbons (Fsp3) is 0.545. The van der Waals surface area contributed by atoms with E-state index in [4.69, 9.17) is 5.73 Å². The summed E-state index contributed by atoms with van der Waals surface area (Å²) < 4.78 is 35.7. The summed E-state index contributed by atoms with van der Waals surface area (Å²) >= 11 is 0. The van der Waals surface area contributed by atoms with E-state index in [0.29, 0.717) is 12.8 Å². The maximum atomic E-state index is 11.9. The van der Waals surface area contributed by atoms with Gasteiger partial charge >= 0.3 is 6.18 Å². The second-order valence-corrected chi connectivity index (χ2v) is 3.81. The van der Waals surface area contributed by atoms with E-state index in [0.717, 1.165) is 5.56 Å². The number of hydrogen-bond donors (Lipinski definition) is 1. The first kappa shape index (κ1) is 13.0. The monoisotopic (exact) mass is 232 g/mol. The Bertz CT molecular complexity index is 298. The van der Waals surface area contributed by atoms with E-state index in [-0.39, 0.29) is 6.42 Å². The van der Waals surface area contributed by atoms with Crippen LogP contribution >= 0.6 is 0 Å². The SMILES string of the molecule is NC(CCc1cccnc1)CCC(F)(F)F. The van der Waals surface area contributed by atoms with Gasteiger partial charge in [0.1, 0.15) is 0 Å². The lowest BCUT2D eigenvalue weighted by atomic mass is 10.0. The van der Waals surface area contributed by atoms with Gasteiger partial charge in [0, 0.05) is 24.9 Å². The van der Waals surface area contributed by atoms with E-state index in [2.05, 4.69) is 4.98 Å². The summed E-state index contributed by atoms with van der Waals surface area (Å²) in [6.45, 7) is 0. The first-order valence-corrected chi connectivity index (χ1v) is 5.18. The molecule has 0 saturated carbocycles. The zero-order valence-electron chi connectivity index (χ0n) is 8.87. The van der Waals surface area contributed by atoms with Crippen LogP contribution in [0, 0.1) is 0 Å². The summed E-state index contributed by atoms with van der Waals surface area (Å²) in [4.78, 5) is 3.93. The molecule has 0 aliphatic carbocycles. The van der Waals surface area contributed by atoms with Crippen molar-refractivity contribution in [1.29, 1.82) is 0 Å². The van der Waals surface area contributed by atoms with Gasteiger partial charge in [0.05, 0.1) is 0 Å². The largest absolute Gasteiger partial charge is 0.389 e. The van der Waals surface area contributed by atoms with Crippen LogP contribution in [0.2, 0.25) is 0 Å². The molecule has 2 nitrogen and oxygen atoms in total. The summed E-state index contributed by atoms with van der Waals surface area (Å²) in [6.07, 6.45) is -0.324. The number of alkyl halides is 3. The van der Waals surface area contributed by atoms with Crippen LogP contribution in [0.15, 0.2) is 24.5 Å². The zero-order chi connectivity index (χ0) is 12.0. The van der Waals surface area contributed by atoms with Crippen LogP contribution in [-0.2, 0) is 6.42 Å². The maximum absolute atomic E-state index is 11.9. The molecule has 0 aliphatic heterocycles. The van der Waals surface area contributed by atoms with Gasteiger partial charge in [-0.3, -0.25) is 4.98 Å². The minimum Gasteiger partial charge on any atom is -0.328 e. The van der Waals surface area contributed by atoms with Crippen LogP contribution in [0.5, 0.6) is 0 Å². The number of pyridine rings is 1. The molecule has 0 saturated heterocycles. The van der Waals surface area contributed by atoms with E-state index in [1.54, 1.807) is 18.5 Å². The lowest BCUT2D eigenvalue weighted by Gasteiger charge is -2.12. The first-order valence-electron chi connectivity index (χ1n) is 5.18. The fourth-order valence-corrected chi connectivity index (χ4v) is 1.39. The summed E-state index contributed by atoms with van der Waals surface area (Å²) in [6, 6.07) is 3.29. The molecule has 1 rings (SSSR count). The molecule has 0 amide bonds. The lowest BCUT2D eigenvalue weighted by Crippen LogP contribution is -2.23. The normalized spacial score (nSPS) is 13.8. The standard InChI is InChI=1S/C11H15F3N2/c12-11(13,14)6-5-10(15)4-3-9-2-1-7-16-8-9/h1-2,7-8,10H,3-6,15H2. The van der Waals surface area contributed by atoms with Crippen molar-refractivity contribution in [3.8, 4) is 0 Å². The number of hydrogen-bond acceptors (Lipinski definition) is 2. The van der Waals surface area contributed by atoms with Crippen molar-refractivity contribution in [2.45, 2.75) is 37.9 Å². The predicted octanol–water partition coefficient (Wildman–Crippen LogP) is 2.68. The average Bonchev–Trinajstić information content (AvgIpc) is 2.24. The number of nitrogens with zero attached hydrogens (tertiary/aromatic N) is 1. The summed E-state index contributed by atoms with van der Waals surface area (Å²) in [5.74, 6) is 0. The Morgan fingerprint density at radius 2 is 2.06 bits per heavy atom. The third-order valence-electron chi connectivity index (χ3n) is 2.33. The molecule has 1 aromatic rings. The summed E-state index contributed by atoms with van der Waals surface area (Å²) in [5.41, 5.74) is 6.61. The smallest absolute Gasteiger partial charge is 0.328 e. The van der Waals surface area contributed by atoms with Crippen molar-refractivity contribution < 1.29 is 13.2 Å². The van der Waals surface area contributed by atoms with E-state index in [1.165, 1.54) is 0 Å². The lowest BCUT2D eigenvalue weighted by molar-refractivity contribution is -0.136. The van der Waals surface area contributed by atoms with Crippen molar-refractivity contribution in [1.82, 2.24) is 4.98 Å². The van der Waals surface area contributed by atoms with Gasteiger partial charge in [0.15, 0.2) is 0 Å². The highest BCUT2D eigenvalue weighted by Crippen LogP contribution is 2.22. The predicted molar refractivity (Wildman–Crippen MR) is 55.8 cm³/mol. The minimum atomic E-state index is -4.11. The number of aromatic nitrogens is 1. The van der Waals surface area contributed by atoms with Gasteiger partial charge in [-0.05, 0) is 30.9 Å². The van der Waals surface area contributed by atoms with Gasteiger partial charge in [-0.1, -0.05) is 6.07 Å². The van der Waals surface area contributed by atoms with Crippen molar-refractivity contribution in [3.63, 3.8) is 0 Å². The van der Waals surface area contributed by atoms with Crippen molar-refractivity contribution >= 4 is 0 Å².